The van der Waals surface area contributed by atoms with Crippen molar-refractivity contribution in [3.8, 4) is 0 Å². The Bertz CT molecular complexity index is 366. The Morgan fingerprint density at radius 1 is 0.438 bits per heavy atom. The van der Waals surface area contributed by atoms with Crippen LogP contribution in [0.1, 0.15) is 181 Å². The molecule has 0 aliphatic rings. The molecule has 0 radical (unpaired) electrons. The number of carbonyl (C=O) groups is 1. The first kappa shape index (κ1) is 31.5. The first-order valence-corrected chi connectivity index (χ1v) is 14.9. The minimum Gasteiger partial charge on any atom is -0.481 e. The summed E-state index contributed by atoms with van der Waals surface area (Å²) in [7, 11) is 0. The molecule has 0 fully saturated rings. The second-order valence-electron chi connectivity index (χ2n) is 10.4. The van der Waals surface area contributed by atoms with Crippen LogP contribution in [0.4, 0.5) is 0 Å². The summed E-state index contributed by atoms with van der Waals surface area (Å²) in [6.45, 7) is 4.54. The third-order valence-corrected chi connectivity index (χ3v) is 7.16. The van der Waals surface area contributed by atoms with Crippen LogP contribution in [0.3, 0.4) is 0 Å². The fourth-order valence-electron chi connectivity index (χ4n) is 4.85. The van der Waals surface area contributed by atoms with Gasteiger partial charge in [-0.3, -0.25) is 4.79 Å². The number of rotatable bonds is 27. The van der Waals surface area contributed by atoms with Crippen LogP contribution < -0.4 is 0 Å². The highest BCUT2D eigenvalue weighted by atomic mass is 16.4. The van der Waals surface area contributed by atoms with Gasteiger partial charge in [0, 0.05) is 0 Å². The van der Waals surface area contributed by atoms with Gasteiger partial charge in [0.25, 0.3) is 0 Å². The zero-order valence-electron chi connectivity index (χ0n) is 22.3. The van der Waals surface area contributed by atoms with Crippen LogP contribution in [-0.4, -0.2) is 11.1 Å². The topological polar surface area (TPSA) is 37.3 Å². The number of hydrogen-bond acceptors (Lipinski definition) is 1. The van der Waals surface area contributed by atoms with E-state index in [0.717, 1.165) is 25.7 Å². The lowest BCUT2D eigenvalue weighted by molar-refractivity contribution is -0.142. The van der Waals surface area contributed by atoms with Gasteiger partial charge in [-0.2, -0.15) is 0 Å². The summed E-state index contributed by atoms with van der Waals surface area (Å²) in [6.07, 6.45) is 34.1. The van der Waals surface area contributed by atoms with E-state index < -0.39 is 5.97 Å². The van der Waals surface area contributed by atoms with Crippen molar-refractivity contribution < 1.29 is 9.90 Å². The van der Waals surface area contributed by atoms with Crippen molar-refractivity contribution in [2.24, 2.45) is 5.92 Å². The van der Waals surface area contributed by atoms with Crippen molar-refractivity contribution in [3.05, 3.63) is 0 Å². The van der Waals surface area contributed by atoms with Gasteiger partial charge >= 0.3 is 5.97 Å². The molecule has 0 saturated carbocycles. The van der Waals surface area contributed by atoms with Crippen LogP contribution in [0.2, 0.25) is 0 Å². The van der Waals surface area contributed by atoms with Gasteiger partial charge < -0.3 is 5.11 Å². The smallest absolute Gasteiger partial charge is 0.306 e. The molecule has 1 N–H and O–H groups in total. The monoisotopic (exact) mass is 452 g/mol. The molecule has 0 rings (SSSR count). The molecule has 0 aromatic rings. The van der Waals surface area contributed by atoms with Crippen LogP contribution in [0.15, 0.2) is 0 Å². The molecule has 32 heavy (non-hydrogen) atoms. The van der Waals surface area contributed by atoms with Gasteiger partial charge in [0.05, 0.1) is 5.92 Å². The minimum atomic E-state index is -0.561. The molecule has 0 amide bonds. The van der Waals surface area contributed by atoms with Gasteiger partial charge in [0.15, 0.2) is 0 Å². The maximum absolute atomic E-state index is 11.5. The fourth-order valence-corrected chi connectivity index (χ4v) is 4.85. The van der Waals surface area contributed by atoms with E-state index in [1.807, 2.05) is 0 Å². The van der Waals surface area contributed by atoms with Gasteiger partial charge in [0.1, 0.15) is 0 Å². The maximum Gasteiger partial charge on any atom is 0.306 e. The van der Waals surface area contributed by atoms with Crippen LogP contribution in [-0.2, 0) is 4.79 Å². The van der Waals surface area contributed by atoms with E-state index in [1.165, 1.54) is 141 Å². The maximum atomic E-state index is 11.5. The first-order valence-electron chi connectivity index (χ1n) is 14.9. The van der Waals surface area contributed by atoms with E-state index >= 15 is 0 Å². The van der Waals surface area contributed by atoms with Crippen LogP contribution in [0.5, 0.6) is 0 Å². The summed E-state index contributed by atoms with van der Waals surface area (Å²) < 4.78 is 0. The fraction of sp³-hybridized carbons (Fsp3) is 0.967. The third kappa shape index (κ3) is 24.1. The van der Waals surface area contributed by atoms with Gasteiger partial charge in [-0.25, -0.2) is 0 Å². The number of hydrogen-bond donors (Lipinski definition) is 1. The van der Waals surface area contributed by atoms with Crippen molar-refractivity contribution in [2.75, 3.05) is 0 Å². The molecule has 0 aliphatic carbocycles. The quantitative estimate of drug-likeness (QED) is 0.126. The summed E-state index contributed by atoms with van der Waals surface area (Å²) in [4.78, 5) is 11.5. The van der Waals surface area contributed by atoms with Gasteiger partial charge in [0.2, 0.25) is 0 Å². The zero-order valence-corrected chi connectivity index (χ0v) is 22.3. The zero-order chi connectivity index (χ0) is 23.5. The highest BCUT2D eigenvalue weighted by Crippen LogP contribution is 2.20. The average molecular weight is 453 g/mol. The molecule has 1 atom stereocenters. The van der Waals surface area contributed by atoms with Crippen molar-refractivity contribution in [1.29, 1.82) is 0 Å². The van der Waals surface area contributed by atoms with Crippen LogP contribution >= 0.6 is 0 Å². The van der Waals surface area contributed by atoms with E-state index in [4.69, 9.17) is 0 Å². The highest BCUT2D eigenvalue weighted by molar-refractivity contribution is 5.69. The molecule has 0 aromatic heterocycles. The van der Waals surface area contributed by atoms with Gasteiger partial charge in [-0.15, -0.1) is 0 Å². The Morgan fingerprint density at radius 3 is 0.875 bits per heavy atom. The van der Waals surface area contributed by atoms with E-state index in [-0.39, 0.29) is 5.92 Å². The summed E-state index contributed by atoms with van der Waals surface area (Å²) in [5, 5.41) is 9.50. The third-order valence-electron chi connectivity index (χ3n) is 7.16. The first-order chi connectivity index (χ1) is 15.7. The van der Waals surface area contributed by atoms with Crippen molar-refractivity contribution in [1.82, 2.24) is 0 Å². The summed E-state index contributed by atoms with van der Waals surface area (Å²) in [5.74, 6) is -0.657. The lowest BCUT2D eigenvalue weighted by Crippen LogP contribution is -2.13. The van der Waals surface area contributed by atoms with Crippen molar-refractivity contribution >= 4 is 5.97 Å². The largest absolute Gasteiger partial charge is 0.481 e. The molecule has 0 bridgehead atoms. The Balaban J connectivity index is 3.37. The number of carboxylic acid groups (broad SMARTS) is 1. The Morgan fingerprint density at radius 2 is 0.656 bits per heavy atom. The van der Waals surface area contributed by atoms with Crippen LogP contribution in [0, 0.1) is 5.92 Å². The van der Waals surface area contributed by atoms with E-state index in [0.29, 0.717) is 0 Å². The molecule has 0 aromatic carbocycles. The van der Waals surface area contributed by atoms with Crippen molar-refractivity contribution in [3.63, 3.8) is 0 Å². The average Bonchev–Trinajstić information content (AvgIpc) is 2.78. The lowest BCUT2D eigenvalue weighted by atomic mass is 9.94. The van der Waals surface area contributed by atoms with Crippen LogP contribution in [0.25, 0.3) is 0 Å². The van der Waals surface area contributed by atoms with Gasteiger partial charge in [-0.1, -0.05) is 168 Å². The highest BCUT2D eigenvalue weighted by Gasteiger charge is 2.16. The Hall–Kier alpha value is -0.530. The molecular weight excluding hydrogens is 392 g/mol. The molecule has 0 heterocycles. The molecule has 0 spiro atoms. The molecule has 0 saturated heterocycles. The SMILES string of the molecule is CCCCCCCCCCCCCCCCCCC(CCCCCCCCCC)C(=O)O. The summed E-state index contributed by atoms with van der Waals surface area (Å²) >= 11 is 0. The number of aliphatic carboxylic acids is 1. The Labute approximate surface area is 202 Å². The normalized spacial score (nSPS) is 12.3. The predicted molar refractivity (Wildman–Crippen MR) is 143 cm³/mol. The lowest BCUT2D eigenvalue weighted by Gasteiger charge is -2.12. The second-order valence-corrected chi connectivity index (χ2v) is 10.4. The molecule has 2 nitrogen and oxygen atoms in total. The number of carboxylic acids is 1. The predicted octanol–water partition coefficient (Wildman–Crippen LogP) is 10.9. The van der Waals surface area contributed by atoms with Crippen molar-refractivity contribution in [2.45, 2.75) is 181 Å². The van der Waals surface area contributed by atoms with Gasteiger partial charge in [-0.05, 0) is 12.8 Å². The standard InChI is InChI=1S/C30H60O2/c1-3-5-7-9-11-13-14-15-16-17-18-19-20-22-24-26-28-29(30(31)32)27-25-23-21-12-10-8-6-4-2/h29H,3-28H2,1-2H3,(H,31,32). The van der Waals surface area contributed by atoms with E-state index in [1.54, 1.807) is 0 Å². The van der Waals surface area contributed by atoms with E-state index in [9.17, 15) is 9.90 Å². The van der Waals surface area contributed by atoms with E-state index in [2.05, 4.69) is 13.8 Å². The minimum absolute atomic E-state index is 0.0956. The molecule has 1 unspecified atom stereocenters. The second kappa shape index (κ2) is 26.7. The molecular formula is C30H60O2. The molecule has 192 valence electrons. The summed E-state index contributed by atoms with van der Waals surface area (Å²) in [6, 6.07) is 0. The number of unbranched alkanes of at least 4 members (excludes halogenated alkanes) is 22. The molecule has 2 heteroatoms. The summed E-state index contributed by atoms with van der Waals surface area (Å²) in [5.41, 5.74) is 0. The molecule has 0 aliphatic heterocycles. The Kier molecular flexibility index (Phi) is 26.3.